The van der Waals surface area contributed by atoms with Crippen LogP contribution in [-0.4, -0.2) is 56.6 Å². The fourth-order valence-corrected chi connectivity index (χ4v) is 3.55. The minimum absolute atomic E-state index is 0.117. The number of amides is 1. The third-order valence-electron chi connectivity index (χ3n) is 4.95. The quantitative estimate of drug-likeness (QED) is 0.558. The molecule has 0 unspecified atom stereocenters. The number of hydrogen-bond acceptors (Lipinski definition) is 5. The van der Waals surface area contributed by atoms with Gasteiger partial charge in [0, 0.05) is 31.2 Å². The number of fused-ring (bicyclic) bond motifs is 1. The molecule has 1 heterocycles. The molecule has 0 fully saturated rings. The van der Waals surface area contributed by atoms with E-state index in [1.807, 2.05) is 31.2 Å². The maximum absolute atomic E-state index is 12.3. The normalized spacial score (nSPS) is 11.1. The van der Waals surface area contributed by atoms with Gasteiger partial charge in [-0.1, -0.05) is 17.7 Å². The molecular formula is C24H29ClN4O2. The third-order valence-corrected chi connectivity index (χ3v) is 5.25. The highest BCUT2D eigenvalue weighted by atomic mass is 35.5. The first-order chi connectivity index (χ1) is 14.7. The molecule has 31 heavy (non-hydrogen) atoms. The second-order valence-corrected chi connectivity index (χ2v) is 8.44. The van der Waals surface area contributed by atoms with Gasteiger partial charge in [0.2, 0.25) is 0 Å². The molecular weight excluding hydrogens is 412 g/mol. The van der Waals surface area contributed by atoms with Gasteiger partial charge in [-0.2, -0.15) is 0 Å². The molecule has 1 aromatic heterocycles. The summed E-state index contributed by atoms with van der Waals surface area (Å²) in [5.41, 5.74) is 3.72. The first-order valence-electron chi connectivity index (χ1n) is 10.2. The van der Waals surface area contributed by atoms with Gasteiger partial charge >= 0.3 is 0 Å². The van der Waals surface area contributed by atoms with Crippen LogP contribution in [0.5, 0.6) is 5.75 Å². The zero-order valence-corrected chi connectivity index (χ0v) is 19.5. The van der Waals surface area contributed by atoms with Crippen LogP contribution in [0.1, 0.15) is 11.1 Å². The summed E-state index contributed by atoms with van der Waals surface area (Å²) in [4.78, 5) is 21.5. The molecule has 1 N–H and O–H groups in total. The predicted octanol–water partition coefficient (Wildman–Crippen LogP) is 4.52. The summed E-state index contributed by atoms with van der Waals surface area (Å²) in [5, 5.41) is 4.34. The molecule has 1 amide bonds. The average molecular weight is 441 g/mol. The summed E-state index contributed by atoms with van der Waals surface area (Å²) in [6.07, 6.45) is 0. The van der Waals surface area contributed by atoms with Gasteiger partial charge in [0.25, 0.3) is 5.91 Å². The van der Waals surface area contributed by atoms with E-state index in [4.69, 9.17) is 21.3 Å². The maximum atomic E-state index is 12.3. The number of carbonyl (C=O) groups is 1. The van der Waals surface area contributed by atoms with Crippen LogP contribution in [-0.2, 0) is 4.79 Å². The van der Waals surface area contributed by atoms with E-state index in [0.29, 0.717) is 16.5 Å². The fourth-order valence-electron chi connectivity index (χ4n) is 3.26. The van der Waals surface area contributed by atoms with Crippen molar-refractivity contribution in [3.63, 3.8) is 0 Å². The van der Waals surface area contributed by atoms with E-state index in [0.717, 1.165) is 40.9 Å². The third kappa shape index (κ3) is 6.09. The summed E-state index contributed by atoms with van der Waals surface area (Å²) in [7, 11) is 6.18. The molecule has 3 aromatic rings. The summed E-state index contributed by atoms with van der Waals surface area (Å²) < 4.78 is 5.55. The van der Waals surface area contributed by atoms with Gasteiger partial charge in [-0.25, -0.2) is 4.98 Å². The Balaban J connectivity index is 1.67. The van der Waals surface area contributed by atoms with Crippen LogP contribution in [0.25, 0.3) is 10.9 Å². The lowest BCUT2D eigenvalue weighted by Gasteiger charge is -2.22. The van der Waals surface area contributed by atoms with E-state index in [-0.39, 0.29) is 12.5 Å². The number of benzene rings is 2. The lowest BCUT2D eigenvalue weighted by Crippen LogP contribution is -2.29. The molecule has 0 bridgehead atoms. The van der Waals surface area contributed by atoms with Crippen molar-refractivity contribution >= 4 is 39.9 Å². The van der Waals surface area contributed by atoms with Crippen molar-refractivity contribution in [3.05, 3.63) is 58.6 Å². The number of anilines is 2. The minimum atomic E-state index is -0.249. The molecule has 0 aliphatic rings. The Bertz CT molecular complexity index is 1080. The standard InChI is InChI=1S/C24H29ClN4O2/c1-16-6-9-22(20(25)12-16)31-15-23(30)26-19-7-8-21-18(14-19)13-17(2)24(27-21)29(5)11-10-28(3)4/h6-9,12-14H,10-11,15H2,1-5H3,(H,26,30). The van der Waals surface area contributed by atoms with Gasteiger partial charge in [0.05, 0.1) is 10.5 Å². The van der Waals surface area contributed by atoms with E-state index < -0.39 is 0 Å². The van der Waals surface area contributed by atoms with Crippen molar-refractivity contribution in [2.75, 3.05) is 51.1 Å². The molecule has 0 aliphatic carbocycles. The van der Waals surface area contributed by atoms with Crippen molar-refractivity contribution < 1.29 is 9.53 Å². The zero-order chi connectivity index (χ0) is 22.5. The summed E-state index contributed by atoms with van der Waals surface area (Å²) in [6.45, 7) is 5.73. The largest absolute Gasteiger partial charge is 0.482 e. The van der Waals surface area contributed by atoms with Gasteiger partial charge in [0.1, 0.15) is 11.6 Å². The first-order valence-corrected chi connectivity index (χ1v) is 10.6. The number of rotatable bonds is 8. The lowest BCUT2D eigenvalue weighted by atomic mass is 10.1. The Labute approximate surface area is 188 Å². The maximum Gasteiger partial charge on any atom is 0.262 e. The Morgan fingerprint density at radius 3 is 2.55 bits per heavy atom. The summed E-state index contributed by atoms with van der Waals surface area (Å²) >= 11 is 6.15. The van der Waals surface area contributed by atoms with Crippen LogP contribution >= 0.6 is 11.6 Å². The van der Waals surface area contributed by atoms with Crippen LogP contribution in [0, 0.1) is 13.8 Å². The monoisotopic (exact) mass is 440 g/mol. The molecule has 0 atom stereocenters. The predicted molar refractivity (Wildman–Crippen MR) is 129 cm³/mol. The smallest absolute Gasteiger partial charge is 0.262 e. The number of likely N-dealkylation sites (N-methyl/N-ethyl adjacent to an activating group) is 2. The topological polar surface area (TPSA) is 57.7 Å². The minimum Gasteiger partial charge on any atom is -0.482 e. The Morgan fingerprint density at radius 1 is 1.06 bits per heavy atom. The van der Waals surface area contributed by atoms with Gasteiger partial charge in [0.15, 0.2) is 6.61 Å². The highest BCUT2D eigenvalue weighted by Crippen LogP contribution is 2.26. The number of aromatic nitrogens is 1. The van der Waals surface area contributed by atoms with Gasteiger partial charge < -0.3 is 19.9 Å². The van der Waals surface area contributed by atoms with E-state index in [9.17, 15) is 4.79 Å². The van der Waals surface area contributed by atoms with E-state index >= 15 is 0 Å². The van der Waals surface area contributed by atoms with Crippen LogP contribution in [0.3, 0.4) is 0 Å². The molecule has 0 saturated carbocycles. The number of halogens is 1. The second kappa shape index (κ2) is 9.98. The Morgan fingerprint density at radius 2 is 1.84 bits per heavy atom. The number of pyridine rings is 1. The number of aryl methyl sites for hydroxylation is 2. The summed E-state index contributed by atoms with van der Waals surface area (Å²) in [5.74, 6) is 1.21. The first kappa shape index (κ1) is 22.8. The fraction of sp³-hybridized carbons (Fsp3) is 0.333. The Kier molecular flexibility index (Phi) is 7.36. The number of hydrogen-bond donors (Lipinski definition) is 1. The van der Waals surface area contributed by atoms with Crippen LogP contribution in [0.4, 0.5) is 11.5 Å². The van der Waals surface area contributed by atoms with E-state index in [2.05, 4.69) is 49.2 Å². The lowest BCUT2D eigenvalue weighted by molar-refractivity contribution is -0.118. The van der Waals surface area contributed by atoms with Crippen molar-refractivity contribution in [2.24, 2.45) is 0 Å². The molecule has 6 nitrogen and oxygen atoms in total. The Hall–Kier alpha value is -2.83. The van der Waals surface area contributed by atoms with E-state index in [1.54, 1.807) is 12.1 Å². The molecule has 7 heteroatoms. The van der Waals surface area contributed by atoms with Crippen molar-refractivity contribution in [1.29, 1.82) is 0 Å². The van der Waals surface area contributed by atoms with Crippen molar-refractivity contribution in [3.8, 4) is 5.75 Å². The van der Waals surface area contributed by atoms with Crippen molar-refractivity contribution in [1.82, 2.24) is 9.88 Å². The number of carbonyl (C=O) groups excluding carboxylic acids is 1. The molecule has 0 saturated heterocycles. The molecule has 164 valence electrons. The second-order valence-electron chi connectivity index (χ2n) is 8.03. The highest BCUT2D eigenvalue weighted by molar-refractivity contribution is 6.32. The highest BCUT2D eigenvalue weighted by Gasteiger charge is 2.11. The SMILES string of the molecule is Cc1ccc(OCC(=O)Nc2ccc3nc(N(C)CCN(C)C)c(C)cc3c2)c(Cl)c1. The zero-order valence-electron chi connectivity index (χ0n) is 18.7. The summed E-state index contributed by atoms with van der Waals surface area (Å²) in [6, 6.07) is 13.3. The molecule has 0 spiro atoms. The van der Waals surface area contributed by atoms with Crippen molar-refractivity contribution in [2.45, 2.75) is 13.8 Å². The van der Waals surface area contributed by atoms with Gasteiger partial charge in [-0.3, -0.25) is 4.79 Å². The van der Waals surface area contributed by atoms with Crippen LogP contribution < -0.4 is 15.0 Å². The average Bonchev–Trinajstić information content (AvgIpc) is 2.70. The van der Waals surface area contributed by atoms with E-state index in [1.165, 1.54) is 0 Å². The van der Waals surface area contributed by atoms with Gasteiger partial charge in [-0.15, -0.1) is 0 Å². The van der Waals surface area contributed by atoms with Crippen LogP contribution in [0.2, 0.25) is 5.02 Å². The number of nitrogens with zero attached hydrogens (tertiary/aromatic N) is 3. The molecule has 0 aliphatic heterocycles. The van der Waals surface area contributed by atoms with Crippen LogP contribution in [0.15, 0.2) is 42.5 Å². The number of nitrogens with one attached hydrogen (secondary N) is 1. The van der Waals surface area contributed by atoms with Gasteiger partial charge in [-0.05, 0) is 75.5 Å². The molecule has 2 aromatic carbocycles. The molecule has 0 radical (unpaired) electrons. The number of ether oxygens (including phenoxy) is 1. The molecule has 3 rings (SSSR count).